The lowest BCUT2D eigenvalue weighted by Gasteiger charge is -2.28. The van der Waals surface area contributed by atoms with Crippen LogP contribution in [0.2, 0.25) is 0 Å². The molecule has 0 rings (SSSR count). The summed E-state index contributed by atoms with van der Waals surface area (Å²) in [7, 11) is 1.65. The first-order valence-electron chi connectivity index (χ1n) is 6.16. The van der Waals surface area contributed by atoms with Crippen molar-refractivity contribution in [3.8, 4) is 0 Å². The third-order valence-corrected chi connectivity index (χ3v) is 2.55. The molecule has 0 aromatic rings. The van der Waals surface area contributed by atoms with Crippen LogP contribution in [0.5, 0.6) is 0 Å². The zero-order chi connectivity index (χ0) is 13.4. The molecule has 0 aliphatic rings. The van der Waals surface area contributed by atoms with E-state index in [1.165, 1.54) is 4.90 Å². The summed E-state index contributed by atoms with van der Waals surface area (Å²) in [6, 6.07) is -0.0817. The molecule has 0 aliphatic carbocycles. The fourth-order valence-corrected chi connectivity index (χ4v) is 1.65. The van der Waals surface area contributed by atoms with Gasteiger partial charge in [0, 0.05) is 26.7 Å². The number of nitrogens with zero attached hydrogens (tertiary/aromatic N) is 2. The minimum Gasteiger partial charge on any atom is -0.481 e. The van der Waals surface area contributed by atoms with E-state index >= 15 is 0 Å². The molecule has 2 amide bonds. The van der Waals surface area contributed by atoms with Gasteiger partial charge in [-0.25, -0.2) is 4.79 Å². The number of aliphatic carboxylic acids is 1. The summed E-state index contributed by atoms with van der Waals surface area (Å²) in [4.78, 5) is 26.0. The van der Waals surface area contributed by atoms with Gasteiger partial charge in [0.05, 0.1) is 5.92 Å². The van der Waals surface area contributed by atoms with E-state index in [1.54, 1.807) is 18.9 Å². The van der Waals surface area contributed by atoms with E-state index < -0.39 is 11.9 Å². The van der Waals surface area contributed by atoms with Gasteiger partial charge in [-0.3, -0.25) is 4.79 Å². The molecule has 0 fully saturated rings. The van der Waals surface area contributed by atoms with Crippen molar-refractivity contribution in [2.75, 3.05) is 26.7 Å². The molecule has 0 spiro atoms. The molecule has 0 bridgehead atoms. The van der Waals surface area contributed by atoms with Crippen molar-refractivity contribution >= 4 is 12.0 Å². The van der Waals surface area contributed by atoms with Crippen molar-refractivity contribution < 1.29 is 14.7 Å². The third-order valence-electron chi connectivity index (χ3n) is 2.55. The summed E-state index contributed by atoms with van der Waals surface area (Å²) >= 11 is 0. The van der Waals surface area contributed by atoms with Crippen LogP contribution in [0, 0.1) is 5.92 Å². The molecule has 17 heavy (non-hydrogen) atoms. The van der Waals surface area contributed by atoms with Crippen LogP contribution in [-0.2, 0) is 4.79 Å². The van der Waals surface area contributed by atoms with E-state index in [2.05, 4.69) is 0 Å². The average molecular weight is 244 g/mol. The summed E-state index contributed by atoms with van der Waals surface area (Å²) < 4.78 is 0. The van der Waals surface area contributed by atoms with Crippen molar-refractivity contribution in [1.29, 1.82) is 0 Å². The van der Waals surface area contributed by atoms with E-state index in [4.69, 9.17) is 5.11 Å². The lowest BCUT2D eigenvalue weighted by molar-refractivity contribution is -0.141. The predicted molar refractivity (Wildman–Crippen MR) is 67.0 cm³/mol. The summed E-state index contributed by atoms with van der Waals surface area (Å²) in [5.41, 5.74) is 0. The molecule has 1 N–H and O–H groups in total. The summed E-state index contributed by atoms with van der Waals surface area (Å²) in [6.07, 6.45) is 1.82. The Morgan fingerprint density at radius 1 is 1.18 bits per heavy atom. The Kier molecular flexibility index (Phi) is 7.34. The molecule has 0 aliphatic heterocycles. The number of rotatable bonds is 7. The number of amides is 2. The lowest BCUT2D eigenvalue weighted by Crippen LogP contribution is -2.44. The van der Waals surface area contributed by atoms with Crippen molar-refractivity contribution in [2.45, 2.75) is 33.6 Å². The SMILES string of the molecule is CCCN(CCC)C(=O)N(C)CC(C)C(=O)O. The van der Waals surface area contributed by atoms with Gasteiger partial charge in [0.1, 0.15) is 0 Å². The molecule has 1 atom stereocenters. The summed E-state index contributed by atoms with van der Waals surface area (Å²) in [5.74, 6) is -1.41. The Labute approximate surface area is 103 Å². The maximum atomic E-state index is 12.0. The number of hydrogen-bond donors (Lipinski definition) is 1. The van der Waals surface area contributed by atoms with Gasteiger partial charge in [-0.05, 0) is 12.8 Å². The highest BCUT2D eigenvalue weighted by Crippen LogP contribution is 2.04. The molecular weight excluding hydrogens is 220 g/mol. The molecule has 0 radical (unpaired) electrons. The van der Waals surface area contributed by atoms with Gasteiger partial charge in [0.25, 0.3) is 0 Å². The first-order chi connectivity index (χ1) is 7.93. The molecule has 5 nitrogen and oxygen atoms in total. The molecule has 0 saturated carbocycles. The summed E-state index contributed by atoms with van der Waals surface area (Å²) in [6.45, 7) is 7.34. The van der Waals surface area contributed by atoms with E-state index in [9.17, 15) is 9.59 Å². The molecule has 0 aromatic heterocycles. The van der Waals surface area contributed by atoms with E-state index in [0.717, 1.165) is 25.9 Å². The highest BCUT2D eigenvalue weighted by Gasteiger charge is 2.20. The monoisotopic (exact) mass is 244 g/mol. The maximum Gasteiger partial charge on any atom is 0.319 e. The minimum atomic E-state index is -0.873. The van der Waals surface area contributed by atoms with Crippen LogP contribution in [0.3, 0.4) is 0 Å². The minimum absolute atomic E-state index is 0.0817. The van der Waals surface area contributed by atoms with Gasteiger partial charge in [-0.15, -0.1) is 0 Å². The predicted octanol–water partition coefficient (Wildman–Crippen LogP) is 1.88. The first kappa shape index (κ1) is 15.7. The van der Waals surface area contributed by atoms with Crippen molar-refractivity contribution in [3.05, 3.63) is 0 Å². The highest BCUT2D eigenvalue weighted by atomic mass is 16.4. The molecule has 0 aromatic carbocycles. The Bertz CT molecular complexity index is 250. The van der Waals surface area contributed by atoms with Crippen LogP contribution in [0.1, 0.15) is 33.6 Å². The lowest BCUT2D eigenvalue weighted by atomic mass is 10.2. The van der Waals surface area contributed by atoms with Crippen LogP contribution < -0.4 is 0 Å². The average Bonchev–Trinajstić information content (AvgIpc) is 2.27. The third kappa shape index (κ3) is 5.56. The van der Waals surface area contributed by atoms with Crippen LogP contribution in [-0.4, -0.2) is 53.6 Å². The maximum absolute atomic E-state index is 12.0. The second-order valence-electron chi connectivity index (χ2n) is 4.39. The Morgan fingerprint density at radius 3 is 2.00 bits per heavy atom. The topological polar surface area (TPSA) is 60.9 Å². The largest absolute Gasteiger partial charge is 0.481 e. The number of carboxylic acids is 1. The second kappa shape index (κ2) is 7.92. The Morgan fingerprint density at radius 2 is 1.65 bits per heavy atom. The summed E-state index contributed by atoms with van der Waals surface area (Å²) in [5, 5.41) is 8.81. The van der Waals surface area contributed by atoms with Crippen molar-refractivity contribution in [3.63, 3.8) is 0 Å². The standard InChI is InChI=1S/C12H24N2O3/c1-5-7-14(8-6-2)12(17)13(4)9-10(3)11(15)16/h10H,5-9H2,1-4H3,(H,15,16). The zero-order valence-corrected chi connectivity index (χ0v) is 11.3. The van der Waals surface area contributed by atoms with E-state index in [1.807, 2.05) is 13.8 Å². The zero-order valence-electron chi connectivity index (χ0n) is 11.3. The molecule has 100 valence electrons. The van der Waals surface area contributed by atoms with Crippen LogP contribution in [0.4, 0.5) is 4.79 Å². The molecule has 1 unspecified atom stereocenters. The number of carbonyl (C=O) groups excluding carboxylic acids is 1. The molecule has 0 heterocycles. The molecule has 5 heteroatoms. The Hall–Kier alpha value is -1.26. The smallest absolute Gasteiger partial charge is 0.319 e. The number of carboxylic acid groups (broad SMARTS) is 1. The normalized spacial score (nSPS) is 12.0. The number of urea groups is 1. The van der Waals surface area contributed by atoms with Crippen LogP contribution >= 0.6 is 0 Å². The van der Waals surface area contributed by atoms with Gasteiger partial charge < -0.3 is 14.9 Å². The van der Waals surface area contributed by atoms with Crippen molar-refractivity contribution in [2.24, 2.45) is 5.92 Å². The van der Waals surface area contributed by atoms with Gasteiger partial charge in [0.2, 0.25) is 0 Å². The fourth-order valence-electron chi connectivity index (χ4n) is 1.65. The Balaban J connectivity index is 4.38. The van der Waals surface area contributed by atoms with Crippen LogP contribution in [0.15, 0.2) is 0 Å². The van der Waals surface area contributed by atoms with Gasteiger partial charge in [-0.1, -0.05) is 20.8 Å². The highest BCUT2D eigenvalue weighted by molar-refractivity contribution is 5.75. The molecule has 0 saturated heterocycles. The molecular formula is C12H24N2O3. The number of hydrogen-bond acceptors (Lipinski definition) is 2. The fraction of sp³-hybridized carbons (Fsp3) is 0.833. The van der Waals surface area contributed by atoms with Crippen LogP contribution in [0.25, 0.3) is 0 Å². The van der Waals surface area contributed by atoms with E-state index in [0.29, 0.717) is 0 Å². The van der Waals surface area contributed by atoms with Gasteiger partial charge >= 0.3 is 12.0 Å². The second-order valence-corrected chi connectivity index (χ2v) is 4.39. The van der Waals surface area contributed by atoms with Crippen molar-refractivity contribution in [1.82, 2.24) is 9.80 Å². The first-order valence-corrected chi connectivity index (χ1v) is 6.16. The van der Waals surface area contributed by atoms with Gasteiger partial charge in [-0.2, -0.15) is 0 Å². The number of carbonyl (C=O) groups is 2. The van der Waals surface area contributed by atoms with Gasteiger partial charge in [0.15, 0.2) is 0 Å². The van der Waals surface area contributed by atoms with E-state index in [-0.39, 0.29) is 12.6 Å². The quantitative estimate of drug-likeness (QED) is 0.744.